The number of H-pyrrole nitrogens is 1. The zero-order valence-electron chi connectivity index (χ0n) is 11.4. The van der Waals surface area contributed by atoms with Crippen LogP contribution in [0.1, 0.15) is 45.2 Å². The smallest absolute Gasteiger partial charge is 0.252 e. The van der Waals surface area contributed by atoms with Crippen molar-refractivity contribution in [1.29, 1.82) is 0 Å². The van der Waals surface area contributed by atoms with Crippen LogP contribution in [-0.2, 0) is 6.42 Å². The highest BCUT2D eigenvalue weighted by Gasteiger charge is 2.13. The molecule has 1 N–H and O–H groups in total. The van der Waals surface area contributed by atoms with Crippen LogP contribution in [0.2, 0.25) is 0 Å². The zero-order valence-corrected chi connectivity index (χ0v) is 11.4. The first kappa shape index (κ1) is 13.1. The summed E-state index contributed by atoms with van der Waals surface area (Å²) in [5, 5.41) is 0. The van der Waals surface area contributed by atoms with E-state index in [-0.39, 0.29) is 5.56 Å². The number of nitrogens with zero attached hydrogens (tertiary/aromatic N) is 2. The maximum Gasteiger partial charge on any atom is 0.252 e. The van der Waals surface area contributed by atoms with Crippen LogP contribution >= 0.6 is 0 Å². The normalized spacial score (nSPS) is 16.9. The third kappa shape index (κ3) is 3.59. The Bertz CT molecular complexity index is 431. The van der Waals surface area contributed by atoms with E-state index in [2.05, 4.69) is 28.7 Å². The van der Waals surface area contributed by atoms with Crippen LogP contribution in [0.5, 0.6) is 0 Å². The molecule has 4 nitrogen and oxygen atoms in total. The number of hydrogen-bond acceptors (Lipinski definition) is 3. The lowest BCUT2D eigenvalue weighted by atomic mass is 10.1. The minimum Gasteiger partial charge on any atom is -0.342 e. The lowest BCUT2D eigenvalue weighted by Gasteiger charge is -2.21. The number of aromatic amines is 1. The molecule has 1 aliphatic heterocycles. The first-order chi connectivity index (χ1) is 8.65. The summed E-state index contributed by atoms with van der Waals surface area (Å²) in [5.41, 5.74) is 0.882. The molecule has 1 aromatic rings. The lowest BCUT2D eigenvalue weighted by Crippen LogP contribution is -2.28. The average Bonchev–Trinajstić information content (AvgIpc) is 2.55. The molecule has 4 heteroatoms. The molecule has 0 aromatic carbocycles. The topological polar surface area (TPSA) is 49.0 Å². The van der Waals surface area contributed by atoms with E-state index in [0.29, 0.717) is 5.92 Å². The molecule has 0 atom stereocenters. The Kier molecular flexibility index (Phi) is 4.39. The molecule has 1 aliphatic rings. The highest BCUT2D eigenvalue weighted by Crippen LogP contribution is 2.15. The Labute approximate surface area is 108 Å². The fourth-order valence-electron chi connectivity index (χ4n) is 2.45. The van der Waals surface area contributed by atoms with Gasteiger partial charge in [0.2, 0.25) is 5.95 Å². The third-order valence-corrected chi connectivity index (χ3v) is 3.31. The lowest BCUT2D eigenvalue weighted by molar-refractivity contribution is 0.630. The fraction of sp³-hybridized carbons (Fsp3) is 0.714. The molecule has 0 aliphatic carbocycles. The molecule has 1 aromatic heterocycles. The first-order valence-electron chi connectivity index (χ1n) is 7.00. The van der Waals surface area contributed by atoms with Crippen LogP contribution in [0.15, 0.2) is 10.9 Å². The number of anilines is 1. The summed E-state index contributed by atoms with van der Waals surface area (Å²) in [6.45, 7) is 6.31. The number of rotatable bonds is 3. The van der Waals surface area contributed by atoms with E-state index in [0.717, 1.165) is 31.2 Å². The zero-order chi connectivity index (χ0) is 13.0. The molecule has 0 radical (unpaired) electrons. The van der Waals surface area contributed by atoms with Gasteiger partial charge < -0.3 is 4.90 Å². The summed E-state index contributed by atoms with van der Waals surface area (Å²) in [6, 6.07) is 1.63. The standard InChI is InChI=1S/C14H23N3O/c1-11(2)9-12-10-13(18)16-14(15-12)17-7-5-3-4-6-8-17/h10-11H,3-9H2,1-2H3,(H,15,16,18). The van der Waals surface area contributed by atoms with Gasteiger partial charge in [0.1, 0.15) is 0 Å². The van der Waals surface area contributed by atoms with E-state index in [1.807, 2.05) is 0 Å². The van der Waals surface area contributed by atoms with Gasteiger partial charge in [-0.3, -0.25) is 9.78 Å². The Balaban J connectivity index is 2.20. The predicted molar refractivity (Wildman–Crippen MR) is 74.1 cm³/mol. The number of hydrogen-bond donors (Lipinski definition) is 1. The van der Waals surface area contributed by atoms with Gasteiger partial charge in [-0.15, -0.1) is 0 Å². The maximum absolute atomic E-state index is 11.7. The summed E-state index contributed by atoms with van der Waals surface area (Å²) in [6.07, 6.45) is 5.82. The van der Waals surface area contributed by atoms with E-state index >= 15 is 0 Å². The highest BCUT2D eigenvalue weighted by molar-refractivity contribution is 5.30. The molecule has 1 saturated heterocycles. The molecule has 1 fully saturated rings. The van der Waals surface area contributed by atoms with Crippen LogP contribution in [0.3, 0.4) is 0 Å². The molecule has 100 valence electrons. The van der Waals surface area contributed by atoms with Crippen molar-refractivity contribution < 1.29 is 0 Å². The van der Waals surface area contributed by atoms with Gasteiger partial charge >= 0.3 is 0 Å². The van der Waals surface area contributed by atoms with Crippen molar-refractivity contribution in [2.24, 2.45) is 5.92 Å². The Morgan fingerprint density at radius 1 is 1.28 bits per heavy atom. The van der Waals surface area contributed by atoms with Gasteiger partial charge in [-0.05, 0) is 25.2 Å². The van der Waals surface area contributed by atoms with Gasteiger partial charge in [-0.1, -0.05) is 26.7 Å². The van der Waals surface area contributed by atoms with Crippen molar-refractivity contribution in [3.8, 4) is 0 Å². The number of aromatic nitrogens is 2. The van der Waals surface area contributed by atoms with Gasteiger partial charge in [0.25, 0.3) is 5.56 Å². The molecule has 0 unspecified atom stereocenters. The third-order valence-electron chi connectivity index (χ3n) is 3.31. The molecule has 0 amide bonds. The van der Waals surface area contributed by atoms with Gasteiger partial charge in [0.15, 0.2) is 0 Å². The van der Waals surface area contributed by atoms with Crippen LogP contribution in [-0.4, -0.2) is 23.1 Å². The van der Waals surface area contributed by atoms with Gasteiger partial charge in [0, 0.05) is 19.2 Å². The predicted octanol–water partition coefficient (Wildman–Crippen LogP) is 2.35. The molecular weight excluding hydrogens is 226 g/mol. The molecule has 18 heavy (non-hydrogen) atoms. The van der Waals surface area contributed by atoms with E-state index in [9.17, 15) is 4.79 Å². The van der Waals surface area contributed by atoms with E-state index < -0.39 is 0 Å². The number of nitrogens with one attached hydrogen (secondary N) is 1. The van der Waals surface area contributed by atoms with Crippen molar-refractivity contribution in [3.05, 3.63) is 22.1 Å². The van der Waals surface area contributed by atoms with E-state index in [1.165, 1.54) is 25.7 Å². The van der Waals surface area contributed by atoms with Crippen molar-refractivity contribution >= 4 is 5.95 Å². The van der Waals surface area contributed by atoms with Crippen molar-refractivity contribution in [3.63, 3.8) is 0 Å². The first-order valence-corrected chi connectivity index (χ1v) is 7.00. The van der Waals surface area contributed by atoms with Gasteiger partial charge in [-0.25, -0.2) is 4.98 Å². The quantitative estimate of drug-likeness (QED) is 0.894. The van der Waals surface area contributed by atoms with Crippen LogP contribution < -0.4 is 10.5 Å². The van der Waals surface area contributed by atoms with Gasteiger partial charge in [0.05, 0.1) is 5.69 Å². The summed E-state index contributed by atoms with van der Waals surface area (Å²) in [7, 11) is 0. The Hall–Kier alpha value is -1.32. The Morgan fingerprint density at radius 3 is 2.56 bits per heavy atom. The molecule has 0 saturated carbocycles. The molecular formula is C14H23N3O. The Morgan fingerprint density at radius 2 is 1.94 bits per heavy atom. The fourth-order valence-corrected chi connectivity index (χ4v) is 2.45. The SMILES string of the molecule is CC(C)Cc1cc(=O)[nH]c(N2CCCCCC2)n1. The summed E-state index contributed by atoms with van der Waals surface area (Å²) in [5.74, 6) is 1.29. The minimum absolute atomic E-state index is 0.0279. The second-order valence-electron chi connectivity index (χ2n) is 5.56. The second kappa shape index (κ2) is 6.03. The van der Waals surface area contributed by atoms with E-state index in [4.69, 9.17) is 0 Å². The van der Waals surface area contributed by atoms with Gasteiger partial charge in [-0.2, -0.15) is 0 Å². The molecule has 0 spiro atoms. The van der Waals surface area contributed by atoms with Crippen molar-refractivity contribution in [2.75, 3.05) is 18.0 Å². The average molecular weight is 249 g/mol. The van der Waals surface area contributed by atoms with Crippen LogP contribution in [0, 0.1) is 5.92 Å². The second-order valence-corrected chi connectivity index (χ2v) is 5.56. The van der Waals surface area contributed by atoms with E-state index in [1.54, 1.807) is 6.07 Å². The molecule has 0 bridgehead atoms. The van der Waals surface area contributed by atoms with Crippen LogP contribution in [0.4, 0.5) is 5.95 Å². The highest BCUT2D eigenvalue weighted by atomic mass is 16.1. The van der Waals surface area contributed by atoms with Crippen molar-refractivity contribution in [2.45, 2.75) is 46.0 Å². The maximum atomic E-state index is 11.7. The van der Waals surface area contributed by atoms with Crippen LogP contribution in [0.25, 0.3) is 0 Å². The monoisotopic (exact) mass is 249 g/mol. The minimum atomic E-state index is -0.0279. The summed E-state index contributed by atoms with van der Waals surface area (Å²) < 4.78 is 0. The summed E-state index contributed by atoms with van der Waals surface area (Å²) in [4.78, 5) is 21.4. The summed E-state index contributed by atoms with van der Waals surface area (Å²) >= 11 is 0. The molecule has 2 heterocycles. The molecule has 2 rings (SSSR count). The largest absolute Gasteiger partial charge is 0.342 e. The van der Waals surface area contributed by atoms with Crippen molar-refractivity contribution in [1.82, 2.24) is 9.97 Å².